The third-order valence-electron chi connectivity index (χ3n) is 4.45. The summed E-state index contributed by atoms with van der Waals surface area (Å²) in [7, 11) is 0. The van der Waals surface area contributed by atoms with Crippen molar-refractivity contribution in [1.29, 1.82) is 0 Å². The van der Waals surface area contributed by atoms with Crippen LogP contribution < -0.4 is 5.32 Å². The second-order valence-electron chi connectivity index (χ2n) is 6.63. The number of aromatic nitrogens is 3. The molecule has 0 saturated heterocycles. The van der Waals surface area contributed by atoms with Crippen molar-refractivity contribution >= 4 is 0 Å². The van der Waals surface area contributed by atoms with Gasteiger partial charge in [0.2, 0.25) is 0 Å². The van der Waals surface area contributed by atoms with Crippen molar-refractivity contribution < 1.29 is 0 Å². The van der Waals surface area contributed by atoms with Gasteiger partial charge in [0.15, 0.2) is 0 Å². The van der Waals surface area contributed by atoms with Gasteiger partial charge >= 0.3 is 0 Å². The van der Waals surface area contributed by atoms with E-state index in [0.717, 1.165) is 36.5 Å². The molecule has 0 radical (unpaired) electrons. The van der Waals surface area contributed by atoms with Crippen LogP contribution in [-0.2, 0) is 6.42 Å². The first kappa shape index (κ1) is 18.7. The summed E-state index contributed by atoms with van der Waals surface area (Å²) < 4.78 is 0. The van der Waals surface area contributed by atoms with E-state index in [0.29, 0.717) is 0 Å². The largest absolute Gasteiger partial charge is 0.316 e. The lowest BCUT2D eigenvalue weighted by atomic mass is 10.1. The van der Waals surface area contributed by atoms with E-state index in [9.17, 15) is 0 Å². The molecular weight excluding hydrogens is 296 g/mol. The lowest BCUT2D eigenvalue weighted by Crippen LogP contribution is -2.18. The maximum atomic E-state index is 4.25. The van der Waals surface area contributed by atoms with Crippen molar-refractivity contribution in [1.82, 2.24) is 20.7 Å². The van der Waals surface area contributed by atoms with E-state index in [1.807, 2.05) is 0 Å². The van der Waals surface area contributed by atoms with E-state index in [1.54, 1.807) is 0 Å². The van der Waals surface area contributed by atoms with Crippen LogP contribution in [0.1, 0.15) is 63.1 Å². The molecule has 1 aromatic carbocycles. The lowest BCUT2D eigenvalue weighted by molar-refractivity contribution is 0.562. The Kier molecular flexibility index (Phi) is 8.53. The highest BCUT2D eigenvalue weighted by atomic mass is 15.3. The highest BCUT2D eigenvalue weighted by Gasteiger charge is 2.09. The fourth-order valence-electron chi connectivity index (χ4n) is 2.91. The van der Waals surface area contributed by atoms with Crippen LogP contribution in [0.2, 0.25) is 0 Å². The summed E-state index contributed by atoms with van der Waals surface area (Å²) in [5.41, 5.74) is 4.50. The van der Waals surface area contributed by atoms with Crippen molar-refractivity contribution in [3.8, 4) is 11.3 Å². The number of hydrogen-bond donors (Lipinski definition) is 2. The summed E-state index contributed by atoms with van der Waals surface area (Å²) in [5.74, 6) is 0. The lowest BCUT2D eigenvalue weighted by Gasteiger charge is -2.05. The van der Waals surface area contributed by atoms with Gasteiger partial charge in [0, 0.05) is 18.5 Å². The third kappa shape index (κ3) is 6.44. The summed E-state index contributed by atoms with van der Waals surface area (Å²) in [6.45, 7) is 6.44. The summed E-state index contributed by atoms with van der Waals surface area (Å²) in [5, 5.41) is 14.8. The van der Waals surface area contributed by atoms with Crippen LogP contribution in [0.15, 0.2) is 24.3 Å². The molecule has 132 valence electrons. The monoisotopic (exact) mass is 328 g/mol. The molecule has 24 heavy (non-hydrogen) atoms. The van der Waals surface area contributed by atoms with Gasteiger partial charge in [-0.1, -0.05) is 80.5 Å². The minimum atomic E-state index is 0.937. The molecule has 2 N–H and O–H groups in total. The average molecular weight is 329 g/mol. The number of aromatic amines is 1. The van der Waals surface area contributed by atoms with Crippen LogP contribution in [0, 0.1) is 6.92 Å². The standard InChI is InChI=1S/C20H32N4/c1-3-4-5-6-7-8-9-15-21-16-14-19-20(23-24-22-19)18-12-10-17(2)11-13-18/h10-13,21H,3-9,14-16H2,1-2H3,(H,22,23,24). The molecule has 0 fully saturated rings. The van der Waals surface area contributed by atoms with Gasteiger partial charge in [-0.15, -0.1) is 5.10 Å². The molecule has 0 bridgehead atoms. The van der Waals surface area contributed by atoms with Crippen LogP contribution in [-0.4, -0.2) is 28.5 Å². The molecule has 2 aromatic rings. The van der Waals surface area contributed by atoms with Gasteiger partial charge < -0.3 is 5.32 Å². The Bertz CT molecular complexity index is 559. The zero-order chi connectivity index (χ0) is 17.0. The van der Waals surface area contributed by atoms with Crippen molar-refractivity contribution in [2.45, 2.75) is 65.2 Å². The van der Waals surface area contributed by atoms with Gasteiger partial charge in [-0.2, -0.15) is 0 Å². The number of nitrogens with one attached hydrogen (secondary N) is 2. The maximum Gasteiger partial charge on any atom is 0.116 e. The minimum Gasteiger partial charge on any atom is -0.316 e. The fraction of sp³-hybridized carbons (Fsp3) is 0.600. The molecule has 0 aliphatic rings. The molecular formula is C20H32N4. The quantitative estimate of drug-likeness (QED) is 0.557. The molecule has 0 unspecified atom stereocenters. The highest BCUT2D eigenvalue weighted by Crippen LogP contribution is 2.20. The Morgan fingerprint density at radius 1 is 0.917 bits per heavy atom. The molecule has 2 rings (SSSR count). The Hall–Kier alpha value is -1.68. The first-order chi connectivity index (χ1) is 11.8. The predicted octanol–water partition coefficient (Wildman–Crippen LogP) is 4.66. The molecule has 0 amide bonds. The third-order valence-corrected chi connectivity index (χ3v) is 4.45. The van der Waals surface area contributed by atoms with Crippen molar-refractivity contribution in [3.63, 3.8) is 0 Å². The van der Waals surface area contributed by atoms with Crippen molar-refractivity contribution in [2.24, 2.45) is 0 Å². The second kappa shape index (κ2) is 11.0. The summed E-state index contributed by atoms with van der Waals surface area (Å²) in [6, 6.07) is 8.46. The topological polar surface area (TPSA) is 53.6 Å². The van der Waals surface area contributed by atoms with Crippen molar-refractivity contribution in [2.75, 3.05) is 13.1 Å². The van der Waals surface area contributed by atoms with Gasteiger partial charge in [0.05, 0.1) is 5.69 Å². The van der Waals surface area contributed by atoms with Gasteiger partial charge in [-0.3, -0.25) is 5.10 Å². The van der Waals surface area contributed by atoms with Crippen LogP contribution in [0.5, 0.6) is 0 Å². The number of unbranched alkanes of at least 4 members (excludes halogenated alkanes) is 6. The first-order valence-corrected chi connectivity index (χ1v) is 9.49. The molecule has 1 heterocycles. The molecule has 0 aliphatic carbocycles. The van der Waals surface area contributed by atoms with Crippen LogP contribution >= 0.6 is 0 Å². The van der Waals surface area contributed by atoms with Crippen LogP contribution in [0.4, 0.5) is 0 Å². The molecule has 4 heteroatoms. The molecule has 0 saturated carbocycles. The Labute approximate surface area is 146 Å². The van der Waals surface area contributed by atoms with E-state index in [1.165, 1.54) is 50.5 Å². The van der Waals surface area contributed by atoms with Gasteiger partial charge in [0.25, 0.3) is 0 Å². The number of H-pyrrole nitrogens is 1. The SMILES string of the molecule is CCCCCCCCCNCCc1[nH]nnc1-c1ccc(C)cc1. The number of hydrogen-bond acceptors (Lipinski definition) is 3. The Balaban J connectivity index is 1.62. The molecule has 1 aromatic heterocycles. The Morgan fingerprint density at radius 2 is 1.62 bits per heavy atom. The van der Waals surface area contributed by atoms with Gasteiger partial charge in [0.1, 0.15) is 5.69 Å². The van der Waals surface area contributed by atoms with E-state index in [2.05, 4.69) is 58.8 Å². The minimum absolute atomic E-state index is 0.937. The number of aryl methyl sites for hydroxylation is 1. The molecule has 0 spiro atoms. The molecule has 0 aliphatic heterocycles. The van der Waals surface area contributed by atoms with Gasteiger partial charge in [-0.25, -0.2) is 0 Å². The summed E-state index contributed by atoms with van der Waals surface area (Å²) >= 11 is 0. The number of benzene rings is 1. The molecule has 0 atom stereocenters. The van der Waals surface area contributed by atoms with Crippen molar-refractivity contribution in [3.05, 3.63) is 35.5 Å². The zero-order valence-electron chi connectivity index (χ0n) is 15.3. The van der Waals surface area contributed by atoms with Gasteiger partial charge in [-0.05, 0) is 19.9 Å². The highest BCUT2D eigenvalue weighted by molar-refractivity contribution is 5.61. The first-order valence-electron chi connectivity index (χ1n) is 9.49. The number of nitrogens with zero attached hydrogens (tertiary/aromatic N) is 2. The summed E-state index contributed by atoms with van der Waals surface area (Å²) in [6.07, 6.45) is 10.5. The van der Waals surface area contributed by atoms with E-state index in [4.69, 9.17) is 0 Å². The van der Waals surface area contributed by atoms with Crippen LogP contribution in [0.3, 0.4) is 0 Å². The van der Waals surface area contributed by atoms with E-state index in [-0.39, 0.29) is 0 Å². The predicted molar refractivity (Wildman–Crippen MR) is 101 cm³/mol. The fourth-order valence-corrected chi connectivity index (χ4v) is 2.91. The Morgan fingerprint density at radius 3 is 2.38 bits per heavy atom. The smallest absolute Gasteiger partial charge is 0.116 e. The van der Waals surface area contributed by atoms with E-state index >= 15 is 0 Å². The average Bonchev–Trinajstić information content (AvgIpc) is 3.06. The normalized spacial score (nSPS) is 11.1. The van der Waals surface area contributed by atoms with E-state index < -0.39 is 0 Å². The zero-order valence-corrected chi connectivity index (χ0v) is 15.3. The van der Waals surface area contributed by atoms with Crippen LogP contribution in [0.25, 0.3) is 11.3 Å². The molecule has 4 nitrogen and oxygen atoms in total. The summed E-state index contributed by atoms with van der Waals surface area (Å²) in [4.78, 5) is 0. The number of rotatable bonds is 12. The second-order valence-corrected chi connectivity index (χ2v) is 6.63. The maximum absolute atomic E-state index is 4.25.